The molecule has 0 aliphatic carbocycles. The maximum atomic E-state index is 11.7. The molecule has 1 aromatic rings. The Morgan fingerprint density at radius 2 is 2.13 bits per heavy atom. The van der Waals surface area contributed by atoms with Crippen molar-refractivity contribution < 1.29 is 13.7 Å². The highest BCUT2D eigenvalue weighted by Crippen LogP contribution is 2.28. The zero-order valence-electron chi connectivity index (χ0n) is 8.16. The largest absolute Gasteiger partial charge is 0.465 e. The molecule has 0 aromatic heterocycles. The number of benzene rings is 1. The maximum Gasteiger partial charge on any atom is 0.339 e. The van der Waals surface area contributed by atoms with Gasteiger partial charge in [0.2, 0.25) is 0 Å². The van der Waals surface area contributed by atoms with Crippen LogP contribution in [0.2, 0.25) is 0 Å². The van der Waals surface area contributed by atoms with Crippen LogP contribution in [-0.4, -0.2) is 23.5 Å². The molecule has 0 amide bonds. The van der Waals surface area contributed by atoms with Gasteiger partial charge in [-0.3, -0.25) is 4.21 Å². The number of methoxy groups -OCH3 is 1. The number of carbonyl (C=O) groups is 1. The lowest BCUT2D eigenvalue weighted by Crippen LogP contribution is -2.10. The normalized spacial score (nSPS) is 12.3. The van der Waals surface area contributed by atoms with Crippen molar-refractivity contribution in [3.63, 3.8) is 0 Å². The molecule has 0 atom stereocenters. The van der Waals surface area contributed by atoms with Crippen LogP contribution in [0.4, 0.5) is 0 Å². The van der Waals surface area contributed by atoms with Gasteiger partial charge in [0.1, 0.15) is 0 Å². The summed E-state index contributed by atoms with van der Waals surface area (Å²) in [6, 6.07) is 4.77. The van der Waals surface area contributed by atoms with Crippen LogP contribution in [-0.2, 0) is 13.9 Å². The van der Waals surface area contributed by atoms with Crippen LogP contribution in [0.5, 0.6) is 0 Å². The monoisotopic (exact) mass is 312 g/mol. The number of ether oxygens (including phenoxy) is 1. The van der Waals surface area contributed by atoms with E-state index in [1.54, 1.807) is 12.1 Å². The summed E-state index contributed by atoms with van der Waals surface area (Å²) in [6.45, 7) is 0. The lowest BCUT2D eigenvalue weighted by atomic mass is 10.2. The maximum absolute atomic E-state index is 11.7. The Balaban J connectivity index is 3.40. The van der Waals surface area contributed by atoms with E-state index < -0.39 is 15.1 Å². The molecule has 1 rings (SSSR count). The molecule has 0 fully saturated rings. The molecule has 0 spiro atoms. The van der Waals surface area contributed by atoms with E-state index >= 15 is 0 Å². The Morgan fingerprint density at radius 3 is 2.60 bits per heavy atom. The summed E-state index contributed by atoms with van der Waals surface area (Å²) in [7, 11) is 4.02. The summed E-state index contributed by atoms with van der Waals surface area (Å²) in [5.74, 6) is -0.541. The van der Waals surface area contributed by atoms with Gasteiger partial charge in [-0.25, -0.2) is 4.79 Å². The van der Waals surface area contributed by atoms with Crippen molar-refractivity contribution in [1.29, 1.82) is 0 Å². The van der Waals surface area contributed by atoms with E-state index in [4.69, 9.17) is 10.7 Å². The second-order valence-corrected chi connectivity index (χ2v) is 7.95. The first-order valence-electron chi connectivity index (χ1n) is 4.02. The molecule has 15 heavy (non-hydrogen) atoms. The van der Waals surface area contributed by atoms with Crippen molar-refractivity contribution in [3.05, 3.63) is 28.2 Å². The lowest BCUT2D eigenvalue weighted by molar-refractivity contribution is 0.0596. The van der Waals surface area contributed by atoms with Gasteiger partial charge in [0.25, 0.3) is 0 Å². The Kier molecular flexibility index (Phi) is 3.92. The number of carbonyl (C=O) groups excluding carboxylic acids is 1. The van der Waals surface area contributed by atoms with Crippen LogP contribution in [0.3, 0.4) is 0 Å². The van der Waals surface area contributed by atoms with Crippen molar-refractivity contribution >= 4 is 41.7 Å². The molecule has 84 valence electrons. The third kappa shape index (κ3) is 3.03. The molecule has 0 aliphatic rings. The molecule has 6 heteroatoms. The first kappa shape index (κ1) is 12.7. The third-order valence-electron chi connectivity index (χ3n) is 1.80. The lowest BCUT2D eigenvalue weighted by Gasteiger charge is -2.14. The molecule has 3 nitrogen and oxygen atoms in total. The van der Waals surface area contributed by atoms with Crippen molar-refractivity contribution in [3.8, 4) is 0 Å². The fourth-order valence-electron chi connectivity index (χ4n) is 1.12. The van der Waals surface area contributed by atoms with E-state index in [1.807, 2.05) is 0 Å². The minimum atomic E-state index is -3.01. The van der Waals surface area contributed by atoms with Crippen LogP contribution in [0.25, 0.3) is 0 Å². The summed E-state index contributed by atoms with van der Waals surface area (Å²) in [5, 5.41) is 0. The van der Waals surface area contributed by atoms with Gasteiger partial charge in [-0.15, -0.1) is 0 Å². The highest BCUT2D eigenvalue weighted by atomic mass is 79.9. The quantitative estimate of drug-likeness (QED) is 0.518. The van der Waals surface area contributed by atoms with Crippen molar-refractivity contribution in [2.45, 2.75) is 4.90 Å². The molecule has 0 saturated carbocycles. The predicted octanol–water partition coefficient (Wildman–Crippen LogP) is 2.39. The minimum Gasteiger partial charge on any atom is -0.465 e. The van der Waals surface area contributed by atoms with Crippen LogP contribution >= 0.6 is 26.6 Å². The standard InChI is InChI=1S/C9H10BrClO3S/c1-14-9(12)7-4-3-6(10)5-8(7)15(2,11)13/h3-5,15H,1-2H3. The first-order chi connectivity index (χ1) is 6.86. The molecule has 0 heterocycles. The van der Waals surface area contributed by atoms with Crippen LogP contribution in [0.1, 0.15) is 10.4 Å². The summed E-state index contributed by atoms with van der Waals surface area (Å²) < 4.78 is 17.0. The Labute approximate surface area is 102 Å². The average molecular weight is 314 g/mol. The van der Waals surface area contributed by atoms with Gasteiger partial charge >= 0.3 is 5.97 Å². The molecule has 0 radical (unpaired) electrons. The van der Waals surface area contributed by atoms with Gasteiger partial charge in [-0.2, -0.15) is 0 Å². The van der Waals surface area contributed by atoms with Gasteiger partial charge in [0.15, 0.2) is 0 Å². The fraction of sp³-hybridized carbons (Fsp3) is 0.222. The van der Waals surface area contributed by atoms with Crippen molar-refractivity contribution in [1.82, 2.24) is 0 Å². The molecule has 0 N–H and O–H groups in total. The number of thiol groups is 1. The fourth-order valence-corrected chi connectivity index (χ4v) is 3.04. The number of rotatable bonds is 2. The highest BCUT2D eigenvalue weighted by molar-refractivity contribution is 9.10. The summed E-state index contributed by atoms with van der Waals surface area (Å²) in [4.78, 5) is 11.7. The van der Waals surface area contributed by atoms with E-state index in [0.717, 1.165) is 0 Å². The molecule has 0 unspecified atom stereocenters. The number of halogens is 2. The number of esters is 1. The van der Waals surface area contributed by atoms with Gasteiger partial charge < -0.3 is 4.74 Å². The number of hydrogen-bond acceptors (Lipinski definition) is 3. The zero-order chi connectivity index (χ0) is 11.6. The van der Waals surface area contributed by atoms with Crippen molar-refractivity contribution in [2.75, 3.05) is 13.4 Å². The first-order valence-corrected chi connectivity index (χ1v) is 7.87. The molecular formula is C9H10BrClO3S. The topological polar surface area (TPSA) is 43.4 Å². The van der Waals surface area contributed by atoms with Crippen LogP contribution < -0.4 is 0 Å². The molecule has 1 aromatic carbocycles. The minimum absolute atomic E-state index is 0.238. The van der Waals surface area contributed by atoms with Gasteiger partial charge in [0.05, 0.1) is 12.7 Å². The summed E-state index contributed by atoms with van der Waals surface area (Å²) in [5.41, 5.74) is 0.238. The van der Waals surface area contributed by atoms with E-state index in [0.29, 0.717) is 9.37 Å². The van der Waals surface area contributed by atoms with Gasteiger partial charge in [-0.1, -0.05) is 15.9 Å². The zero-order valence-corrected chi connectivity index (χ0v) is 11.4. The Bertz CT molecular complexity index is 441. The third-order valence-corrected chi connectivity index (χ3v) is 4.07. The number of hydrogen-bond donors (Lipinski definition) is 1. The van der Waals surface area contributed by atoms with E-state index in [2.05, 4.69) is 20.7 Å². The van der Waals surface area contributed by atoms with Crippen LogP contribution in [0.15, 0.2) is 27.6 Å². The van der Waals surface area contributed by atoms with E-state index in [1.165, 1.54) is 19.4 Å². The molecule has 0 bridgehead atoms. The molecular weight excluding hydrogens is 304 g/mol. The van der Waals surface area contributed by atoms with E-state index in [9.17, 15) is 9.00 Å². The highest BCUT2D eigenvalue weighted by Gasteiger charge is 2.19. The van der Waals surface area contributed by atoms with Crippen LogP contribution in [0, 0.1) is 0 Å². The van der Waals surface area contributed by atoms with Gasteiger partial charge in [0, 0.05) is 15.6 Å². The van der Waals surface area contributed by atoms with Gasteiger partial charge in [-0.05, 0) is 38.0 Å². The Hall–Kier alpha value is -0.390. The average Bonchev–Trinajstić information content (AvgIpc) is 2.15. The summed E-state index contributed by atoms with van der Waals surface area (Å²) in [6.07, 6.45) is 1.39. The van der Waals surface area contributed by atoms with Crippen molar-refractivity contribution in [2.24, 2.45) is 0 Å². The second kappa shape index (κ2) is 4.63. The smallest absolute Gasteiger partial charge is 0.339 e. The second-order valence-electron chi connectivity index (χ2n) is 2.97. The Morgan fingerprint density at radius 1 is 1.53 bits per heavy atom. The summed E-state index contributed by atoms with van der Waals surface area (Å²) >= 11 is 3.23. The predicted molar refractivity (Wildman–Crippen MR) is 65.1 cm³/mol. The molecule has 0 aliphatic heterocycles. The van der Waals surface area contributed by atoms with E-state index in [-0.39, 0.29) is 5.56 Å². The molecule has 0 saturated heterocycles. The SMILES string of the molecule is COC(=O)c1ccc(Br)cc1[SH](C)(=O)Cl.